The van der Waals surface area contributed by atoms with E-state index in [2.05, 4.69) is 0 Å². The zero-order valence-electron chi connectivity index (χ0n) is 14.7. The van der Waals surface area contributed by atoms with Crippen molar-refractivity contribution in [2.24, 2.45) is 0 Å². The summed E-state index contributed by atoms with van der Waals surface area (Å²) in [5.74, 6) is 0.0845. The Morgan fingerprint density at radius 1 is 1.15 bits per heavy atom. The van der Waals surface area contributed by atoms with Crippen LogP contribution in [-0.4, -0.2) is 45.0 Å². The van der Waals surface area contributed by atoms with Gasteiger partial charge in [0.1, 0.15) is 9.96 Å². The third-order valence-corrected chi connectivity index (χ3v) is 7.68. The van der Waals surface area contributed by atoms with Gasteiger partial charge >= 0.3 is 5.97 Å². The highest BCUT2D eigenvalue weighted by molar-refractivity contribution is 7.91. The highest BCUT2D eigenvalue weighted by Gasteiger charge is 2.28. The average Bonchev–Trinajstić information content (AvgIpc) is 3.08. The van der Waals surface area contributed by atoms with Crippen molar-refractivity contribution in [1.29, 1.82) is 0 Å². The molecular formula is C18H21NO5S2. The lowest BCUT2D eigenvalue weighted by Gasteiger charge is -2.25. The Morgan fingerprint density at radius 3 is 2.58 bits per heavy atom. The number of benzene rings is 1. The summed E-state index contributed by atoms with van der Waals surface area (Å²) >= 11 is 1.11. The molecule has 0 atom stereocenters. The third kappa shape index (κ3) is 4.32. The molecular weight excluding hydrogens is 374 g/mol. The molecule has 1 aliphatic rings. The molecule has 8 heteroatoms. The zero-order valence-corrected chi connectivity index (χ0v) is 16.4. The maximum absolute atomic E-state index is 12.6. The van der Waals surface area contributed by atoms with Gasteiger partial charge in [-0.05, 0) is 49.2 Å². The number of sulfonamides is 1. The van der Waals surface area contributed by atoms with E-state index in [4.69, 9.17) is 9.47 Å². The monoisotopic (exact) mass is 395 g/mol. The molecule has 0 spiro atoms. The summed E-state index contributed by atoms with van der Waals surface area (Å²) in [6, 6.07) is 8.68. The molecule has 1 aromatic heterocycles. The fraction of sp³-hybridized carbons (Fsp3) is 0.389. The predicted molar refractivity (Wildman–Crippen MR) is 99.2 cm³/mol. The zero-order chi connectivity index (χ0) is 18.7. The van der Waals surface area contributed by atoms with Crippen LogP contribution in [0.15, 0.2) is 34.5 Å². The molecule has 6 nitrogen and oxygen atoms in total. The van der Waals surface area contributed by atoms with Crippen LogP contribution in [0.5, 0.6) is 5.75 Å². The first-order valence-corrected chi connectivity index (χ1v) is 10.6. The third-order valence-electron chi connectivity index (χ3n) is 4.23. The predicted octanol–water partition coefficient (Wildman–Crippen LogP) is 2.53. The Labute approximate surface area is 157 Å². The van der Waals surface area contributed by atoms with E-state index in [0.717, 1.165) is 22.5 Å². The van der Waals surface area contributed by atoms with Crippen molar-refractivity contribution in [3.8, 4) is 5.75 Å². The molecule has 0 radical (unpaired) electrons. The number of aryl methyl sites for hydroxylation is 2. The van der Waals surface area contributed by atoms with E-state index >= 15 is 0 Å². The highest BCUT2D eigenvalue weighted by Crippen LogP contribution is 2.26. The number of rotatable bonds is 5. The molecule has 26 heavy (non-hydrogen) atoms. The van der Waals surface area contributed by atoms with Crippen molar-refractivity contribution < 1.29 is 22.7 Å². The second kappa shape index (κ2) is 7.87. The summed E-state index contributed by atoms with van der Waals surface area (Å²) < 4.78 is 37.4. The topological polar surface area (TPSA) is 72.9 Å². The Bertz CT molecular complexity index is 898. The van der Waals surface area contributed by atoms with Crippen LogP contribution in [0.25, 0.3) is 0 Å². The maximum atomic E-state index is 12.6. The molecule has 0 aliphatic carbocycles. The quantitative estimate of drug-likeness (QED) is 0.575. The molecule has 3 rings (SSSR count). The van der Waals surface area contributed by atoms with Crippen molar-refractivity contribution in [2.45, 2.75) is 24.5 Å². The second-order valence-corrected chi connectivity index (χ2v) is 9.47. The van der Waals surface area contributed by atoms with Gasteiger partial charge in [-0.25, -0.2) is 8.42 Å². The number of esters is 1. The largest absolute Gasteiger partial charge is 0.426 e. The van der Waals surface area contributed by atoms with E-state index in [1.165, 1.54) is 4.31 Å². The van der Waals surface area contributed by atoms with Crippen LogP contribution in [0.4, 0.5) is 0 Å². The molecule has 140 valence electrons. The highest BCUT2D eigenvalue weighted by atomic mass is 32.2. The van der Waals surface area contributed by atoms with Crippen molar-refractivity contribution >= 4 is 27.3 Å². The minimum atomic E-state index is -3.53. The fourth-order valence-corrected chi connectivity index (χ4v) is 5.50. The number of morpholine rings is 1. The molecule has 2 aromatic rings. The summed E-state index contributed by atoms with van der Waals surface area (Å²) in [7, 11) is -3.53. The van der Waals surface area contributed by atoms with Gasteiger partial charge in [-0.2, -0.15) is 4.31 Å². The molecule has 0 saturated carbocycles. The van der Waals surface area contributed by atoms with Gasteiger partial charge in [0.05, 0.1) is 19.6 Å². The molecule has 1 aromatic carbocycles. The van der Waals surface area contributed by atoms with Gasteiger partial charge in [-0.15, -0.1) is 11.3 Å². The van der Waals surface area contributed by atoms with Crippen molar-refractivity contribution in [1.82, 2.24) is 4.31 Å². The molecule has 1 aliphatic heterocycles. The molecule has 0 N–H and O–H groups in total. The summed E-state index contributed by atoms with van der Waals surface area (Å²) in [5, 5.41) is 0. The lowest BCUT2D eigenvalue weighted by molar-refractivity contribution is -0.133. The molecule has 0 unspecified atom stereocenters. The SMILES string of the molecule is Cc1ccc(OC(=O)Cc2ccc(S(=O)(=O)N3CCOCC3)s2)cc1C. The number of nitrogens with zero attached hydrogens (tertiary/aromatic N) is 1. The summed E-state index contributed by atoms with van der Waals surface area (Å²) in [4.78, 5) is 12.8. The van der Waals surface area contributed by atoms with Crippen molar-refractivity contribution in [2.75, 3.05) is 26.3 Å². The summed E-state index contributed by atoms with van der Waals surface area (Å²) in [6.45, 7) is 5.45. The maximum Gasteiger partial charge on any atom is 0.316 e. The lowest BCUT2D eigenvalue weighted by atomic mass is 10.1. The number of carbonyl (C=O) groups excluding carboxylic acids is 1. The van der Waals surface area contributed by atoms with Crippen LogP contribution in [0.3, 0.4) is 0 Å². The van der Waals surface area contributed by atoms with E-state index in [9.17, 15) is 13.2 Å². The van der Waals surface area contributed by atoms with Gasteiger partial charge < -0.3 is 9.47 Å². The Morgan fingerprint density at radius 2 is 1.88 bits per heavy atom. The van der Waals surface area contributed by atoms with Gasteiger partial charge in [-0.3, -0.25) is 4.79 Å². The Hall–Kier alpha value is -1.74. The minimum Gasteiger partial charge on any atom is -0.426 e. The molecule has 0 amide bonds. The van der Waals surface area contributed by atoms with Gasteiger partial charge in [-0.1, -0.05) is 6.07 Å². The van der Waals surface area contributed by atoms with Gasteiger partial charge in [0.2, 0.25) is 0 Å². The van der Waals surface area contributed by atoms with Crippen LogP contribution < -0.4 is 4.74 Å². The van der Waals surface area contributed by atoms with Crippen LogP contribution in [0, 0.1) is 13.8 Å². The first-order valence-electron chi connectivity index (χ1n) is 8.31. The molecule has 2 heterocycles. The van der Waals surface area contributed by atoms with Gasteiger partial charge in [0.15, 0.2) is 0 Å². The molecule has 1 fully saturated rings. The van der Waals surface area contributed by atoms with Crippen LogP contribution >= 0.6 is 11.3 Å². The molecule has 1 saturated heterocycles. The number of carbonyl (C=O) groups is 1. The number of hydrogen-bond donors (Lipinski definition) is 0. The van der Waals surface area contributed by atoms with Crippen molar-refractivity contribution in [3.63, 3.8) is 0 Å². The fourth-order valence-electron chi connectivity index (χ4n) is 2.59. The average molecular weight is 396 g/mol. The van der Waals surface area contributed by atoms with Gasteiger partial charge in [0.25, 0.3) is 10.0 Å². The van der Waals surface area contributed by atoms with Crippen LogP contribution in [-0.2, 0) is 26.0 Å². The van der Waals surface area contributed by atoms with Crippen LogP contribution in [0.2, 0.25) is 0 Å². The standard InChI is InChI=1S/C18H21NO5S2/c1-13-3-4-15(11-14(13)2)24-17(20)12-16-5-6-18(25-16)26(21,22)19-7-9-23-10-8-19/h3-6,11H,7-10,12H2,1-2H3. The summed E-state index contributed by atoms with van der Waals surface area (Å²) in [6.07, 6.45) is 0.0379. The smallest absolute Gasteiger partial charge is 0.316 e. The Kier molecular flexibility index (Phi) is 5.76. The van der Waals surface area contributed by atoms with E-state index in [0.29, 0.717) is 36.9 Å². The van der Waals surface area contributed by atoms with E-state index in [1.807, 2.05) is 26.0 Å². The first kappa shape index (κ1) is 19.0. The van der Waals surface area contributed by atoms with Crippen LogP contribution in [0.1, 0.15) is 16.0 Å². The second-order valence-electron chi connectivity index (χ2n) is 6.13. The Balaban J connectivity index is 1.65. The van der Waals surface area contributed by atoms with E-state index < -0.39 is 16.0 Å². The lowest BCUT2D eigenvalue weighted by Crippen LogP contribution is -2.40. The number of hydrogen-bond acceptors (Lipinski definition) is 6. The summed E-state index contributed by atoms with van der Waals surface area (Å²) in [5.41, 5.74) is 2.17. The van der Waals surface area contributed by atoms with E-state index in [-0.39, 0.29) is 10.6 Å². The number of thiophene rings is 1. The normalized spacial score (nSPS) is 15.8. The first-order chi connectivity index (χ1) is 12.4. The van der Waals surface area contributed by atoms with Crippen molar-refractivity contribution in [3.05, 3.63) is 46.3 Å². The number of ether oxygens (including phenoxy) is 2. The minimum absolute atomic E-state index is 0.0379. The van der Waals surface area contributed by atoms with Gasteiger partial charge in [0, 0.05) is 18.0 Å². The molecule has 0 bridgehead atoms. The van der Waals surface area contributed by atoms with E-state index in [1.54, 1.807) is 18.2 Å².